The van der Waals surface area contributed by atoms with Crippen LogP contribution in [0, 0.1) is 11.3 Å². The number of hydrogen-bond acceptors (Lipinski definition) is 12. The first-order valence-electron chi connectivity index (χ1n) is 13.9. The molecule has 0 amide bonds. The Balaban J connectivity index is 1.18. The summed E-state index contributed by atoms with van der Waals surface area (Å²) in [5.41, 5.74) is -1.95. The molecule has 3 heterocycles. The zero-order valence-electron chi connectivity index (χ0n) is 22.8. The minimum atomic E-state index is -1.77. The van der Waals surface area contributed by atoms with Gasteiger partial charge in [0.05, 0.1) is 47.0 Å². The molecule has 5 aliphatic rings. The number of rotatable bonds is 8. The molecule has 1 saturated heterocycles. The molecule has 42 heavy (non-hydrogen) atoms. The van der Waals surface area contributed by atoms with Gasteiger partial charge >= 0.3 is 11.9 Å². The summed E-state index contributed by atoms with van der Waals surface area (Å²) in [4.78, 5) is 25.9. The smallest absolute Gasteiger partial charge is 0.338 e. The number of benzene rings is 1. The molecule has 0 spiro atoms. The molecule has 0 radical (unpaired) electrons. The van der Waals surface area contributed by atoms with Gasteiger partial charge in [-0.1, -0.05) is 37.3 Å². The Morgan fingerprint density at radius 1 is 1.02 bits per heavy atom. The molecule has 9 atom stereocenters. The normalized spacial score (nSPS) is 40.7. The molecule has 12 heteroatoms. The third-order valence-corrected chi connectivity index (χ3v) is 9.55. The van der Waals surface area contributed by atoms with E-state index in [-0.39, 0.29) is 19.4 Å². The second-order valence-electron chi connectivity index (χ2n) is 12.2. The fourth-order valence-corrected chi connectivity index (χ4v) is 7.16. The van der Waals surface area contributed by atoms with Crippen LogP contribution < -0.4 is 4.74 Å². The van der Waals surface area contributed by atoms with Crippen LogP contribution in [-0.4, -0.2) is 88.0 Å². The number of esters is 2. The van der Waals surface area contributed by atoms with Crippen molar-refractivity contribution in [3.8, 4) is 5.95 Å². The standard InChI is InChI=1S/C30H32O12/c1-27-12-29(23(34)22(27)33,14-38-25(36)17-7-8-19(31)20(32)9-17)42-30(27,15-39-24(35)16-5-3-2-4-6-16)41-28-10-18-11-37-26(21(18)28)40-13-28/h2-8,11,17,19-20,22-23,31-34H,9-10,12-15H2,1H3/t17-,19-,20+,22+,23+,27+,28+,29+,30-/m1/s1. The predicted molar refractivity (Wildman–Crippen MR) is 139 cm³/mol. The van der Waals surface area contributed by atoms with E-state index in [0.29, 0.717) is 17.9 Å². The summed E-state index contributed by atoms with van der Waals surface area (Å²) in [6, 6.07) is 8.38. The van der Waals surface area contributed by atoms with Gasteiger partial charge in [0.15, 0.2) is 0 Å². The van der Waals surface area contributed by atoms with Crippen LogP contribution in [0.2, 0.25) is 0 Å². The van der Waals surface area contributed by atoms with Gasteiger partial charge in [0.1, 0.15) is 37.1 Å². The first-order chi connectivity index (χ1) is 20.0. The lowest BCUT2D eigenvalue weighted by atomic mass is 9.74. The van der Waals surface area contributed by atoms with Crippen molar-refractivity contribution in [3.63, 3.8) is 0 Å². The second kappa shape index (κ2) is 9.37. The van der Waals surface area contributed by atoms with Crippen LogP contribution in [0.5, 0.6) is 5.95 Å². The number of carbonyl (C=O) groups is 2. The molecule has 1 saturated carbocycles. The summed E-state index contributed by atoms with van der Waals surface area (Å²) in [7, 11) is 0. The molecule has 224 valence electrons. The lowest BCUT2D eigenvalue weighted by Crippen LogP contribution is -2.67. The summed E-state index contributed by atoms with van der Waals surface area (Å²) in [5.74, 6) is -3.57. The van der Waals surface area contributed by atoms with Crippen molar-refractivity contribution in [2.75, 3.05) is 19.8 Å². The highest BCUT2D eigenvalue weighted by Gasteiger charge is 2.79. The maximum atomic E-state index is 13.0. The lowest BCUT2D eigenvalue weighted by Gasteiger charge is -2.52. The SMILES string of the molecule is C[C@@]12C[C@@](COC(=O)[C@@H]3C=C[C@@H](O)[C@@H](O)C3)(O[C@@]1(COC(=O)c1ccccc1)O[C@@]13COc4occ(c41)C3)[C@@H](O)[C@@H]2O. The Kier molecular flexibility index (Phi) is 6.15. The second-order valence-corrected chi connectivity index (χ2v) is 12.2. The molecule has 2 aromatic rings. The van der Waals surface area contributed by atoms with E-state index in [0.717, 1.165) is 11.1 Å². The van der Waals surface area contributed by atoms with E-state index in [1.165, 1.54) is 12.2 Å². The molecule has 12 nitrogen and oxygen atoms in total. The highest BCUT2D eigenvalue weighted by Crippen LogP contribution is 2.66. The quantitative estimate of drug-likeness (QED) is 0.253. The minimum Gasteiger partial charge on any atom is -0.462 e. The van der Waals surface area contributed by atoms with Crippen molar-refractivity contribution in [3.05, 3.63) is 65.4 Å². The first kappa shape index (κ1) is 27.6. The van der Waals surface area contributed by atoms with Crippen molar-refractivity contribution >= 4 is 11.9 Å². The van der Waals surface area contributed by atoms with E-state index in [1.54, 1.807) is 43.5 Å². The van der Waals surface area contributed by atoms with E-state index in [4.69, 9.17) is 28.1 Å². The Morgan fingerprint density at radius 3 is 2.57 bits per heavy atom. The maximum absolute atomic E-state index is 13.0. The van der Waals surface area contributed by atoms with Gasteiger partial charge < -0.3 is 48.5 Å². The fourth-order valence-electron chi connectivity index (χ4n) is 7.16. The van der Waals surface area contributed by atoms with Crippen molar-refractivity contribution in [2.24, 2.45) is 11.3 Å². The molecular formula is C30H32O12. The van der Waals surface area contributed by atoms with Gasteiger partial charge in [-0.2, -0.15) is 0 Å². The third kappa shape index (κ3) is 3.83. The maximum Gasteiger partial charge on any atom is 0.338 e. The zero-order chi connectivity index (χ0) is 29.5. The van der Waals surface area contributed by atoms with E-state index in [9.17, 15) is 30.0 Å². The average Bonchev–Trinajstić information content (AvgIpc) is 3.60. The highest BCUT2D eigenvalue weighted by atomic mass is 16.8. The van der Waals surface area contributed by atoms with Gasteiger partial charge in [0, 0.05) is 12.0 Å². The first-order valence-corrected chi connectivity index (χ1v) is 13.9. The Labute approximate surface area is 240 Å². The highest BCUT2D eigenvalue weighted by molar-refractivity contribution is 5.89. The van der Waals surface area contributed by atoms with Crippen molar-refractivity contribution in [1.82, 2.24) is 0 Å². The largest absolute Gasteiger partial charge is 0.462 e. The van der Waals surface area contributed by atoms with Gasteiger partial charge in [-0.3, -0.25) is 4.79 Å². The third-order valence-electron chi connectivity index (χ3n) is 9.55. The predicted octanol–water partition coefficient (Wildman–Crippen LogP) is 0.735. The summed E-state index contributed by atoms with van der Waals surface area (Å²) < 4.78 is 35.9. The van der Waals surface area contributed by atoms with Gasteiger partial charge in [0.25, 0.3) is 5.95 Å². The van der Waals surface area contributed by atoms with Gasteiger partial charge in [-0.25, -0.2) is 4.79 Å². The molecule has 1 aromatic carbocycles. The minimum absolute atomic E-state index is 0.0163. The Hall–Kier alpha value is -3.26. The van der Waals surface area contributed by atoms with Crippen LogP contribution in [0.4, 0.5) is 0 Å². The van der Waals surface area contributed by atoms with Crippen LogP contribution >= 0.6 is 0 Å². The number of furan rings is 1. The summed E-state index contributed by atoms with van der Waals surface area (Å²) >= 11 is 0. The van der Waals surface area contributed by atoms with E-state index >= 15 is 0 Å². The van der Waals surface area contributed by atoms with Crippen molar-refractivity contribution in [2.45, 2.75) is 67.6 Å². The van der Waals surface area contributed by atoms with Crippen LogP contribution in [0.25, 0.3) is 0 Å². The monoisotopic (exact) mass is 584 g/mol. The average molecular weight is 585 g/mol. The van der Waals surface area contributed by atoms with Gasteiger partial charge in [0.2, 0.25) is 5.79 Å². The Morgan fingerprint density at radius 2 is 1.81 bits per heavy atom. The number of fused-ring (bicyclic) bond motifs is 2. The summed E-state index contributed by atoms with van der Waals surface area (Å²) in [6.07, 6.45) is -0.247. The zero-order valence-corrected chi connectivity index (χ0v) is 22.8. The van der Waals surface area contributed by atoms with E-state index in [1.807, 2.05) is 0 Å². The number of ether oxygens (including phenoxy) is 5. The topological polar surface area (TPSA) is 174 Å². The number of carbonyl (C=O) groups excluding carboxylic acids is 2. The molecule has 0 unspecified atom stereocenters. The number of aliphatic hydroxyl groups excluding tert-OH is 4. The molecule has 7 rings (SSSR count). The van der Waals surface area contributed by atoms with Gasteiger partial charge in [-0.15, -0.1) is 0 Å². The van der Waals surface area contributed by atoms with Crippen molar-refractivity contribution < 1.29 is 58.1 Å². The Bertz CT molecular complexity index is 1440. The summed E-state index contributed by atoms with van der Waals surface area (Å²) in [5, 5.41) is 42.3. The molecular weight excluding hydrogens is 552 g/mol. The molecule has 2 bridgehead atoms. The molecule has 2 fully saturated rings. The van der Waals surface area contributed by atoms with Crippen LogP contribution in [-0.2, 0) is 35.8 Å². The van der Waals surface area contributed by atoms with E-state index < -0.39 is 77.9 Å². The van der Waals surface area contributed by atoms with Gasteiger partial charge in [-0.05, 0) is 25.0 Å². The molecule has 4 N–H and O–H groups in total. The molecule has 2 aliphatic heterocycles. The fraction of sp³-hybridized carbons (Fsp3) is 0.533. The number of aliphatic hydroxyl groups is 4. The lowest BCUT2D eigenvalue weighted by molar-refractivity contribution is -0.390. The van der Waals surface area contributed by atoms with E-state index in [2.05, 4.69) is 0 Å². The number of hydrogen-bond donors (Lipinski definition) is 4. The van der Waals surface area contributed by atoms with Crippen LogP contribution in [0.1, 0.15) is 41.3 Å². The molecule has 3 aliphatic carbocycles. The summed E-state index contributed by atoms with van der Waals surface area (Å²) in [6.45, 7) is 0.923. The van der Waals surface area contributed by atoms with Crippen molar-refractivity contribution in [1.29, 1.82) is 0 Å². The van der Waals surface area contributed by atoms with Crippen LogP contribution in [0.3, 0.4) is 0 Å². The van der Waals surface area contributed by atoms with Crippen LogP contribution in [0.15, 0.2) is 53.2 Å². The molecule has 1 aromatic heterocycles.